The van der Waals surface area contributed by atoms with Crippen molar-refractivity contribution in [1.82, 2.24) is 9.97 Å². The molecule has 0 fully saturated rings. The van der Waals surface area contributed by atoms with Gasteiger partial charge in [0.25, 0.3) is 0 Å². The van der Waals surface area contributed by atoms with Crippen molar-refractivity contribution in [3.05, 3.63) is 41.3 Å². The van der Waals surface area contributed by atoms with E-state index in [1.165, 1.54) is 0 Å². The van der Waals surface area contributed by atoms with Crippen LogP contribution in [-0.4, -0.2) is 22.1 Å². The maximum atomic E-state index is 9.62. The predicted octanol–water partition coefficient (Wildman–Crippen LogP) is 1.09. The summed E-state index contributed by atoms with van der Waals surface area (Å²) in [6.07, 6.45) is 1.57. The Morgan fingerprint density at radius 3 is 3.11 bits per heavy atom. The van der Waals surface area contributed by atoms with Crippen molar-refractivity contribution in [2.24, 2.45) is 0 Å². The quantitative estimate of drug-likeness (QED) is 0.626. The second-order valence-electron chi connectivity index (χ2n) is 3.91. The number of rotatable bonds is 2. The molecule has 0 spiro atoms. The number of benzene rings is 1. The number of halogens is 1. The number of aromatic nitrogens is 2. The van der Waals surface area contributed by atoms with Crippen LogP contribution in [0.4, 0.5) is 11.5 Å². The van der Waals surface area contributed by atoms with Gasteiger partial charge < -0.3 is 15.0 Å². The monoisotopic (exact) mass is 261 g/mol. The molecule has 2 heterocycles. The molecule has 0 saturated carbocycles. The number of nitrogens with one attached hydrogen (secondary N) is 1. The Morgan fingerprint density at radius 2 is 2.28 bits per heavy atom. The van der Waals surface area contributed by atoms with Crippen LogP contribution in [0.15, 0.2) is 30.5 Å². The van der Waals surface area contributed by atoms with Gasteiger partial charge in [0.05, 0.1) is 6.61 Å². The zero-order valence-corrected chi connectivity index (χ0v) is 10.1. The standard InChI is InChI=1S/C11H9BClN3O2/c13-11-14-4-3-10(16-11)15-8-2-1-7-6-18-12(17)9(7)5-8/h1-5,17H,6H2,(H,14,15,16). The molecule has 1 aromatic carbocycles. The van der Waals surface area contributed by atoms with E-state index in [0.717, 1.165) is 16.7 Å². The number of hydrogen-bond donors (Lipinski definition) is 2. The summed E-state index contributed by atoms with van der Waals surface area (Å²) in [5.41, 5.74) is 2.59. The smallest absolute Gasteiger partial charge is 0.423 e. The Bertz CT molecular complexity index is 596. The van der Waals surface area contributed by atoms with Gasteiger partial charge in [-0.1, -0.05) is 6.07 Å². The largest absolute Gasteiger partial charge is 0.491 e. The summed E-state index contributed by atoms with van der Waals surface area (Å²) in [6.45, 7) is 0.441. The molecule has 3 rings (SSSR count). The SMILES string of the molecule is OB1OCc2ccc(Nc3ccnc(Cl)n3)cc21. The molecule has 2 aromatic rings. The van der Waals surface area contributed by atoms with Crippen molar-refractivity contribution in [3.8, 4) is 0 Å². The molecule has 2 N–H and O–H groups in total. The molecule has 0 radical (unpaired) electrons. The van der Waals surface area contributed by atoms with Crippen LogP contribution < -0.4 is 10.8 Å². The van der Waals surface area contributed by atoms with Gasteiger partial charge in [-0.05, 0) is 40.8 Å². The first kappa shape index (κ1) is 11.5. The molecule has 0 atom stereocenters. The van der Waals surface area contributed by atoms with Gasteiger partial charge >= 0.3 is 7.12 Å². The van der Waals surface area contributed by atoms with E-state index in [1.807, 2.05) is 18.2 Å². The lowest BCUT2D eigenvalue weighted by Crippen LogP contribution is -2.28. The summed E-state index contributed by atoms with van der Waals surface area (Å²) < 4.78 is 5.13. The maximum Gasteiger partial charge on any atom is 0.491 e. The predicted molar refractivity (Wildman–Crippen MR) is 69.2 cm³/mol. The lowest BCUT2D eigenvalue weighted by Gasteiger charge is -2.07. The molecule has 0 bridgehead atoms. The van der Waals surface area contributed by atoms with Crippen LogP contribution in [0.2, 0.25) is 5.28 Å². The van der Waals surface area contributed by atoms with E-state index in [0.29, 0.717) is 12.4 Å². The van der Waals surface area contributed by atoms with Crippen LogP contribution in [-0.2, 0) is 11.3 Å². The highest BCUT2D eigenvalue weighted by Crippen LogP contribution is 2.18. The van der Waals surface area contributed by atoms with E-state index in [-0.39, 0.29) is 5.28 Å². The Kier molecular flexibility index (Phi) is 2.91. The zero-order valence-electron chi connectivity index (χ0n) is 9.30. The average molecular weight is 261 g/mol. The van der Waals surface area contributed by atoms with Crippen molar-refractivity contribution < 1.29 is 9.68 Å². The minimum absolute atomic E-state index is 0.185. The lowest BCUT2D eigenvalue weighted by molar-refractivity contribution is 0.275. The summed E-state index contributed by atoms with van der Waals surface area (Å²) in [6, 6.07) is 7.36. The number of anilines is 2. The number of nitrogens with zero attached hydrogens (tertiary/aromatic N) is 2. The lowest BCUT2D eigenvalue weighted by atomic mass is 9.79. The molecule has 0 aliphatic carbocycles. The molecule has 90 valence electrons. The van der Waals surface area contributed by atoms with Crippen LogP contribution in [0.1, 0.15) is 5.56 Å². The highest BCUT2D eigenvalue weighted by atomic mass is 35.5. The van der Waals surface area contributed by atoms with Crippen molar-refractivity contribution in [1.29, 1.82) is 0 Å². The second-order valence-corrected chi connectivity index (χ2v) is 4.25. The van der Waals surface area contributed by atoms with E-state index >= 15 is 0 Å². The molecule has 0 amide bonds. The molecular weight excluding hydrogens is 252 g/mol. The minimum atomic E-state index is -0.851. The summed E-state index contributed by atoms with van der Waals surface area (Å²) >= 11 is 5.71. The Hall–Kier alpha value is -1.63. The Morgan fingerprint density at radius 1 is 1.39 bits per heavy atom. The van der Waals surface area contributed by atoms with Crippen LogP contribution in [0.25, 0.3) is 0 Å². The third kappa shape index (κ3) is 2.18. The zero-order chi connectivity index (χ0) is 12.5. The fourth-order valence-corrected chi connectivity index (χ4v) is 1.99. The fourth-order valence-electron chi connectivity index (χ4n) is 1.84. The highest BCUT2D eigenvalue weighted by molar-refractivity contribution is 6.61. The maximum absolute atomic E-state index is 9.62. The molecular formula is C11H9BClN3O2. The van der Waals surface area contributed by atoms with Crippen LogP contribution in [0.3, 0.4) is 0 Å². The molecule has 1 aliphatic heterocycles. The van der Waals surface area contributed by atoms with Gasteiger partial charge in [0.15, 0.2) is 0 Å². The second kappa shape index (κ2) is 4.57. The average Bonchev–Trinajstić information content (AvgIpc) is 2.71. The first-order valence-corrected chi connectivity index (χ1v) is 5.78. The van der Waals surface area contributed by atoms with E-state index in [4.69, 9.17) is 16.3 Å². The van der Waals surface area contributed by atoms with Crippen LogP contribution >= 0.6 is 11.6 Å². The first-order valence-electron chi connectivity index (χ1n) is 5.40. The summed E-state index contributed by atoms with van der Waals surface area (Å²) in [5.74, 6) is 0.600. The van der Waals surface area contributed by atoms with Crippen LogP contribution in [0, 0.1) is 0 Å². The van der Waals surface area contributed by atoms with Gasteiger partial charge in [-0.2, -0.15) is 0 Å². The third-order valence-electron chi connectivity index (χ3n) is 2.71. The van der Waals surface area contributed by atoms with Gasteiger partial charge in [0.1, 0.15) is 5.82 Å². The minimum Gasteiger partial charge on any atom is -0.423 e. The van der Waals surface area contributed by atoms with Gasteiger partial charge in [0, 0.05) is 11.9 Å². The van der Waals surface area contributed by atoms with E-state index < -0.39 is 7.12 Å². The molecule has 5 nitrogen and oxygen atoms in total. The molecule has 0 saturated heterocycles. The summed E-state index contributed by atoms with van der Waals surface area (Å²) in [5, 5.41) is 12.9. The molecule has 7 heteroatoms. The van der Waals surface area contributed by atoms with Crippen molar-refractivity contribution in [3.63, 3.8) is 0 Å². The molecule has 0 unspecified atom stereocenters. The Labute approximate surface area is 109 Å². The summed E-state index contributed by atoms with van der Waals surface area (Å²) in [4.78, 5) is 7.84. The van der Waals surface area contributed by atoms with Crippen molar-refractivity contribution in [2.75, 3.05) is 5.32 Å². The molecule has 1 aliphatic rings. The van der Waals surface area contributed by atoms with Crippen LogP contribution in [0.5, 0.6) is 0 Å². The van der Waals surface area contributed by atoms with Gasteiger partial charge in [0.2, 0.25) is 5.28 Å². The fraction of sp³-hybridized carbons (Fsp3) is 0.0909. The van der Waals surface area contributed by atoms with Gasteiger partial charge in [-0.25, -0.2) is 9.97 Å². The van der Waals surface area contributed by atoms with Gasteiger partial charge in [-0.3, -0.25) is 0 Å². The highest BCUT2D eigenvalue weighted by Gasteiger charge is 2.27. The number of hydrogen-bond acceptors (Lipinski definition) is 5. The van der Waals surface area contributed by atoms with Crippen molar-refractivity contribution in [2.45, 2.75) is 6.61 Å². The number of fused-ring (bicyclic) bond motifs is 1. The van der Waals surface area contributed by atoms with E-state index in [9.17, 15) is 5.02 Å². The van der Waals surface area contributed by atoms with E-state index in [1.54, 1.807) is 12.3 Å². The van der Waals surface area contributed by atoms with Gasteiger partial charge in [-0.15, -0.1) is 0 Å². The van der Waals surface area contributed by atoms with E-state index in [2.05, 4.69) is 15.3 Å². The summed E-state index contributed by atoms with van der Waals surface area (Å²) in [7, 11) is -0.851. The van der Waals surface area contributed by atoms with Crippen molar-refractivity contribution >= 4 is 35.7 Å². The molecule has 1 aromatic heterocycles. The molecule has 18 heavy (non-hydrogen) atoms. The topological polar surface area (TPSA) is 67.3 Å². The first-order chi connectivity index (χ1) is 8.72. The normalized spacial score (nSPS) is 13.6. The third-order valence-corrected chi connectivity index (χ3v) is 2.89. The Balaban J connectivity index is 1.88.